The van der Waals surface area contributed by atoms with Gasteiger partial charge in [0.25, 0.3) is 5.91 Å². The van der Waals surface area contributed by atoms with E-state index in [2.05, 4.69) is 15.3 Å². The Bertz CT molecular complexity index is 1580. The van der Waals surface area contributed by atoms with Crippen LogP contribution in [0.15, 0.2) is 72.8 Å². The second kappa shape index (κ2) is 7.84. The van der Waals surface area contributed by atoms with E-state index in [0.717, 1.165) is 18.2 Å². The molecule has 0 radical (unpaired) electrons. The molecule has 0 fully saturated rings. The summed E-state index contributed by atoms with van der Waals surface area (Å²) in [6.07, 6.45) is -4.58. The summed E-state index contributed by atoms with van der Waals surface area (Å²) >= 11 is 0. The molecule has 3 aromatic carbocycles. The summed E-state index contributed by atoms with van der Waals surface area (Å²) in [5.74, 6) is -1.41. The van der Waals surface area contributed by atoms with Gasteiger partial charge < -0.3 is 11.1 Å². The number of aromatic nitrogens is 3. The highest BCUT2D eigenvalue weighted by Crippen LogP contribution is 2.35. The number of nitrogens with two attached hydrogens (primary N) is 1. The molecule has 0 aliphatic rings. The molecule has 0 saturated carbocycles. The Morgan fingerprint density at radius 2 is 1.62 bits per heavy atom. The molecule has 34 heavy (non-hydrogen) atoms. The highest BCUT2D eigenvalue weighted by atomic mass is 19.4. The van der Waals surface area contributed by atoms with Gasteiger partial charge in [0.15, 0.2) is 5.65 Å². The number of halogens is 4. The molecule has 3 N–H and O–H groups in total. The van der Waals surface area contributed by atoms with Gasteiger partial charge in [-0.1, -0.05) is 24.3 Å². The highest BCUT2D eigenvalue weighted by Gasteiger charge is 2.31. The molecule has 2 aromatic heterocycles. The van der Waals surface area contributed by atoms with Gasteiger partial charge in [-0.2, -0.15) is 13.2 Å². The van der Waals surface area contributed by atoms with Gasteiger partial charge in [0.1, 0.15) is 22.7 Å². The maximum absolute atomic E-state index is 13.6. The van der Waals surface area contributed by atoms with Crippen LogP contribution in [0, 0.1) is 5.82 Å². The van der Waals surface area contributed by atoms with E-state index in [1.807, 2.05) is 0 Å². The first-order valence-electron chi connectivity index (χ1n) is 10.0. The molecule has 0 bridgehead atoms. The van der Waals surface area contributed by atoms with Crippen LogP contribution in [-0.4, -0.2) is 20.4 Å². The Labute approximate surface area is 189 Å². The minimum atomic E-state index is -4.58. The maximum atomic E-state index is 13.6. The number of carbonyl (C=O) groups excluding carboxylic acids is 1. The van der Waals surface area contributed by atoms with Gasteiger partial charge in [-0.05, 0) is 48.5 Å². The summed E-state index contributed by atoms with van der Waals surface area (Å²) in [4.78, 5) is 22.2. The summed E-state index contributed by atoms with van der Waals surface area (Å²) in [6.45, 7) is 0. The lowest BCUT2D eigenvalue weighted by Crippen LogP contribution is -2.14. The molecular weight excluding hydrogens is 450 g/mol. The molecule has 0 aliphatic heterocycles. The highest BCUT2D eigenvalue weighted by molar-refractivity contribution is 6.16. The van der Waals surface area contributed by atoms with Crippen molar-refractivity contribution in [3.63, 3.8) is 0 Å². The minimum Gasteiger partial charge on any atom is -0.384 e. The van der Waals surface area contributed by atoms with Gasteiger partial charge in [-0.3, -0.25) is 9.36 Å². The van der Waals surface area contributed by atoms with Crippen molar-refractivity contribution in [1.82, 2.24) is 14.5 Å². The molecule has 170 valence electrons. The monoisotopic (exact) mass is 465 g/mol. The Morgan fingerprint density at radius 1 is 0.912 bits per heavy atom. The zero-order valence-corrected chi connectivity index (χ0v) is 17.3. The van der Waals surface area contributed by atoms with Crippen LogP contribution < -0.4 is 11.1 Å². The molecule has 6 nitrogen and oxygen atoms in total. The zero-order chi connectivity index (χ0) is 24.0. The van der Waals surface area contributed by atoms with Crippen LogP contribution in [0.3, 0.4) is 0 Å². The molecule has 5 aromatic rings. The number of carbonyl (C=O) groups is 1. The normalized spacial score (nSPS) is 11.8. The molecule has 0 saturated heterocycles. The number of amides is 1. The molecule has 0 aliphatic carbocycles. The fraction of sp³-hybridized carbons (Fsp3) is 0.0417. The average molecular weight is 465 g/mol. The van der Waals surface area contributed by atoms with Crippen LogP contribution in [0.2, 0.25) is 0 Å². The van der Waals surface area contributed by atoms with Crippen molar-refractivity contribution < 1.29 is 22.4 Å². The zero-order valence-electron chi connectivity index (χ0n) is 17.3. The summed E-state index contributed by atoms with van der Waals surface area (Å²) in [5.41, 5.74) is 6.74. The third-order valence-electron chi connectivity index (χ3n) is 5.24. The number of hydrogen-bond acceptors (Lipinski definition) is 4. The number of alkyl halides is 3. The van der Waals surface area contributed by atoms with Crippen LogP contribution in [0.25, 0.3) is 27.9 Å². The number of nitrogens with one attached hydrogen (secondary N) is 1. The van der Waals surface area contributed by atoms with Crippen molar-refractivity contribution in [3.8, 4) is 5.69 Å². The van der Waals surface area contributed by atoms with Crippen molar-refractivity contribution in [2.45, 2.75) is 6.18 Å². The topological polar surface area (TPSA) is 85.8 Å². The Morgan fingerprint density at radius 3 is 2.32 bits per heavy atom. The molecular formula is C24H15F4N5O. The SMILES string of the molecule is Nc1c(C(=O)Nc2cccc(F)c2)c2nc3ccccc3nc2n1-c1cccc(C(F)(F)F)c1. The summed E-state index contributed by atoms with van der Waals surface area (Å²) in [6, 6.07) is 16.6. The van der Waals surface area contributed by atoms with E-state index in [1.54, 1.807) is 24.3 Å². The third-order valence-corrected chi connectivity index (χ3v) is 5.24. The molecule has 1 amide bonds. The van der Waals surface area contributed by atoms with E-state index in [-0.39, 0.29) is 33.9 Å². The smallest absolute Gasteiger partial charge is 0.384 e. The summed E-state index contributed by atoms with van der Waals surface area (Å²) in [7, 11) is 0. The number of anilines is 2. The second-order valence-corrected chi connectivity index (χ2v) is 7.49. The standard InChI is InChI=1S/C24H15F4N5O/c25-14-6-4-7-15(12-14)30-23(34)19-20-22(32-18-10-2-1-9-17(18)31-20)33(21(19)29)16-8-3-5-13(11-16)24(26,27)28/h1-12H,29H2,(H,30,34). The van der Waals surface area contributed by atoms with Gasteiger partial charge in [0.05, 0.1) is 16.6 Å². The van der Waals surface area contributed by atoms with Crippen LogP contribution in [-0.2, 0) is 6.18 Å². The lowest BCUT2D eigenvalue weighted by molar-refractivity contribution is -0.137. The first kappa shape index (κ1) is 21.4. The van der Waals surface area contributed by atoms with Crippen molar-refractivity contribution in [2.24, 2.45) is 0 Å². The van der Waals surface area contributed by atoms with Crippen LogP contribution in [0.5, 0.6) is 0 Å². The summed E-state index contributed by atoms with van der Waals surface area (Å²) in [5, 5.41) is 2.56. The Balaban J connectivity index is 1.75. The van der Waals surface area contributed by atoms with Gasteiger partial charge in [0, 0.05) is 11.4 Å². The van der Waals surface area contributed by atoms with Crippen LogP contribution in [0.1, 0.15) is 15.9 Å². The first-order chi connectivity index (χ1) is 16.2. The lowest BCUT2D eigenvalue weighted by Gasteiger charge is -2.12. The van der Waals surface area contributed by atoms with E-state index < -0.39 is 23.5 Å². The predicted molar refractivity (Wildman–Crippen MR) is 120 cm³/mol. The number of para-hydroxylation sites is 2. The fourth-order valence-corrected chi connectivity index (χ4v) is 3.73. The molecule has 0 atom stereocenters. The van der Waals surface area contributed by atoms with E-state index in [9.17, 15) is 22.4 Å². The van der Waals surface area contributed by atoms with Crippen LogP contribution in [0.4, 0.5) is 29.1 Å². The van der Waals surface area contributed by atoms with Gasteiger partial charge in [0.2, 0.25) is 0 Å². The Hall–Kier alpha value is -4.47. The van der Waals surface area contributed by atoms with Crippen molar-refractivity contribution in [2.75, 3.05) is 11.1 Å². The van der Waals surface area contributed by atoms with Gasteiger partial charge in [-0.15, -0.1) is 0 Å². The van der Waals surface area contributed by atoms with Crippen LogP contribution >= 0.6 is 0 Å². The number of benzene rings is 3. The Kier molecular flexibility index (Phi) is 4.93. The minimum absolute atomic E-state index is 0.0618. The van der Waals surface area contributed by atoms with Crippen molar-refractivity contribution in [1.29, 1.82) is 0 Å². The lowest BCUT2D eigenvalue weighted by atomic mass is 10.2. The quantitative estimate of drug-likeness (QED) is 0.341. The number of nitrogens with zero attached hydrogens (tertiary/aromatic N) is 3. The molecule has 2 heterocycles. The molecule has 0 spiro atoms. The summed E-state index contributed by atoms with van der Waals surface area (Å²) < 4.78 is 54.9. The van der Waals surface area contributed by atoms with E-state index in [4.69, 9.17) is 5.73 Å². The first-order valence-corrected chi connectivity index (χ1v) is 10.0. The van der Waals surface area contributed by atoms with E-state index in [1.165, 1.54) is 34.9 Å². The van der Waals surface area contributed by atoms with E-state index >= 15 is 0 Å². The number of fused-ring (bicyclic) bond motifs is 2. The van der Waals surface area contributed by atoms with E-state index in [0.29, 0.717) is 11.0 Å². The average Bonchev–Trinajstić information content (AvgIpc) is 3.07. The second-order valence-electron chi connectivity index (χ2n) is 7.49. The predicted octanol–water partition coefficient (Wildman–Crippen LogP) is 5.57. The largest absolute Gasteiger partial charge is 0.416 e. The molecule has 10 heteroatoms. The van der Waals surface area contributed by atoms with Crippen molar-refractivity contribution in [3.05, 3.63) is 89.7 Å². The number of hydrogen-bond donors (Lipinski definition) is 2. The third kappa shape index (κ3) is 3.68. The van der Waals surface area contributed by atoms with Crippen molar-refractivity contribution >= 4 is 39.6 Å². The van der Waals surface area contributed by atoms with Gasteiger partial charge in [-0.25, -0.2) is 14.4 Å². The molecule has 5 rings (SSSR count). The molecule has 0 unspecified atom stereocenters. The maximum Gasteiger partial charge on any atom is 0.416 e. The van der Waals surface area contributed by atoms with Gasteiger partial charge >= 0.3 is 6.18 Å². The number of rotatable bonds is 3. The fourth-order valence-electron chi connectivity index (χ4n) is 3.73. The number of nitrogen functional groups attached to an aromatic ring is 1.